The minimum atomic E-state index is -0.578. The summed E-state index contributed by atoms with van der Waals surface area (Å²) in [4.78, 5) is 46.7. The lowest BCUT2D eigenvalue weighted by atomic mass is 10.0. The molecule has 0 bridgehead atoms. The van der Waals surface area contributed by atoms with Gasteiger partial charge in [-0.15, -0.1) is 11.3 Å². The molecule has 0 atom stereocenters. The molecule has 0 spiro atoms. The molecule has 0 unspecified atom stereocenters. The zero-order chi connectivity index (χ0) is 27.4. The molecular formula is C29H28BrN3O4S. The van der Waals surface area contributed by atoms with Crippen molar-refractivity contribution in [3.63, 3.8) is 0 Å². The molecule has 9 heteroatoms. The van der Waals surface area contributed by atoms with Crippen LogP contribution in [0.4, 0.5) is 5.00 Å². The standard InChI is InChI=1S/C29H28BrN3O4S/c1-5-33(6-2)28(35)25-17(4)24(29(36)37-7-3)27(38-25)32-26(34)21-16-23(18-12-14-19(30)15-13-18)31-22-11-9-8-10-20(21)22/h8-16H,5-7H2,1-4H3,(H,32,34). The Labute approximate surface area is 234 Å². The molecule has 0 aliphatic heterocycles. The maximum absolute atomic E-state index is 13.7. The van der Waals surface area contributed by atoms with E-state index >= 15 is 0 Å². The second kappa shape index (κ2) is 11.9. The summed E-state index contributed by atoms with van der Waals surface area (Å²) >= 11 is 4.54. The zero-order valence-corrected chi connectivity index (χ0v) is 24.0. The van der Waals surface area contributed by atoms with Crippen LogP contribution in [0.5, 0.6) is 0 Å². The fourth-order valence-corrected chi connectivity index (χ4v) is 5.63. The highest BCUT2D eigenvalue weighted by molar-refractivity contribution is 9.10. The Morgan fingerprint density at radius 2 is 1.71 bits per heavy atom. The number of esters is 1. The number of carbonyl (C=O) groups is 3. The Morgan fingerprint density at radius 1 is 1.03 bits per heavy atom. The molecule has 0 saturated heterocycles. The second-order valence-electron chi connectivity index (χ2n) is 8.49. The molecule has 38 heavy (non-hydrogen) atoms. The highest BCUT2D eigenvalue weighted by Crippen LogP contribution is 2.36. The normalized spacial score (nSPS) is 10.9. The van der Waals surface area contributed by atoms with Gasteiger partial charge in [0.05, 0.1) is 33.8 Å². The molecule has 2 amide bonds. The molecule has 0 aliphatic carbocycles. The van der Waals surface area contributed by atoms with E-state index in [4.69, 9.17) is 9.72 Å². The van der Waals surface area contributed by atoms with E-state index in [9.17, 15) is 14.4 Å². The molecule has 2 aromatic carbocycles. The van der Waals surface area contributed by atoms with Crippen LogP contribution in [0.2, 0.25) is 0 Å². The summed E-state index contributed by atoms with van der Waals surface area (Å²) in [5.74, 6) is -1.17. The Kier molecular flexibility index (Phi) is 8.58. The van der Waals surface area contributed by atoms with Gasteiger partial charge in [-0.3, -0.25) is 9.59 Å². The summed E-state index contributed by atoms with van der Waals surface area (Å²) in [7, 11) is 0. The lowest BCUT2D eigenvalue weighted by Crippen LogP contribution is -2.30. The van der Waals surface area contributed by atoms with Crippen molar-refractivity contribution in [2.45, 2.75) is 27.7 Å². The average Bonchev–Trinajstić information content (AvgIpc) is 3.24. The van der Waals surface area contributed by atoms with Crippen molar-refractivity contribution in [3.8, 4) is 11.3 Å². The summed E-state index contributed by atoms with van der Waals surface area (Å²) in [5, 5.41) is 3.87. The zero-order valence-electron chi connectivity index (χ0n) is 21.6. The van der Waals surface area contributed by atoms with Crippen molar-refractivity contribution < 1.29 is 19.1 Å². The number of para-hydroxylation sites is 1. The van der Waals surface area contributed by atoms with Crippen LogP contribution < -0.4 is 5.32 Å². The number of hydrogen-bond acceptors (Lipinski definition) is 6. The summed E-state index contributed by atoms with van der Waals surface area (Å²) in [6.45, 7) is 8.46. The van der Waals surface area contributed by atoms with Gasteiger partial charge in [0.15, 0.2) is 0 Å². The third-order valence-electron chi connectivity index (χ3n) is 6.20. The van der Waals surface area contributed by atoms with Crippen LogP contribution in [0.25, 0.3) is 22.2 Å². The van der Waals surface area contributed by atoms with Crippen LogP contribution in [0.15, 0.2) is 59.1 Å². The van der Waals surface area contributed by atoms with Crippen LogP contribution in [0, 0.1) is 6.92 Å². The highest BCUT2D eigenvalue weighted by atomic mass is 79.9. The number of amides is 2. The van der Waals surface area contributed by atoms with Gasteiger partial charge in [0.2, 0.25) is 0 Å². The van der Waals surface area contributed by atoms with Crippen LogP contribution >= 0.6 is 27.3 Å². The molecule has 0 fully saturated rings. The number of halogens is 1. The number of thiophene rings is 1. The van der Waals surface area contributed by atoms with Crippen molar-refractivity contribution in [2.24, 2.45) is 0 Å². The van der Waals surface area contributed by atoms with E-state index in [0.717, 1.165) is 21.4 Å². The number of nitrogens with zero attached hydrogens (tertiary/aromatic N) is 2. The van der Waals surface area contributed by atoms with Gasteiger partial charge in [-0.05, 0) is 57.5 Å². The lowest BCUT2D eigenvalue weighted by Gasteiger charge is -2.18. The Balaban J connectivity index is 1.80. The van der Waals surface area contributed by atoms with Gasteiger partial charge in [-0.1, -0.05) is 46.3 Å². The quantitative estimate of drug-likeness (QED) is 0.223. The molecule has 4 rings (SSSR count). The van der Waals surface area contributed by atoms with E-state index in [1.165, 1.54) is 0 Å². The van der Waals surface area contributed by atoms with Gasteiger partial charge >= 0.3 is 5.97 Å². The van der Waals surface area contributed by atoms with E-state index in [2.05, 4.69) is 21.2 Å². The number of carbonyl (C=O) groups excluding carboxylic acids is 3. The third-order valence-corrected chi connectivity index (χ3v) is 7.92. The smallest absolute Gasteiger partial charge is 0.341 e. The fraction of sp³-hybridized carbons (Fsp3) is 0.241. The summed E-state index contributed by atoms with van der Waals surface area (Å²) in [6, 6.07) is 16.8. The maximum Gasteiger partial charge on any atom is 0.341 e. The van der Waals surface area contributed by atoms with Crippen LogP contribution in [0.3, 0.4) is 0 Å². The Bertz CT molecular complexity index is 1510. The van der Waals surface area contributed by atoms with Gasteiger partial charge in [0.1, 0.15) is 5.00 Å². The predicted octanol–water partition coefficient (Wildman–Crippen LogP) is 6.95. The first-order valence-electron chi connectivity index (χ1n) is 12.4. The van der Waals surface area contributed by atoms with Gasteiger partial charge in [0.25, 0.3) is 11.8 Å². The topological polar surface area (TPSA) is 88.6 Å². The second-order valence-corrected chi connectivity index (χ2v) is 10.4. The summed E-state index contributed by atoms with van der Waals surface area (Å²) < 4.78 is 6.22. The number of ether oxygens (including phenoxy) is 1. The van der Waals surface area contributed by atoms with E-state index in [0.29, 0.717) is 45.7 Å². The van der Waals surface area contributed by atoms with Crippen molar-refractivity contribution in [2.75, 3.05) is 25.0 Å². The number of aromatic nitrogens is 1. The minimum absolute atomic E-state index is 0.173. The van der Waals surface area contributed by atoms with Crippen molar-refractivity contribution in [3.05, 3.63) is 80.6 Å². The first-order chi connectivity index (χ1) is 18.3. The molecule has 7 nitrogen and oxygen atoms in total. The number of pyridine rings is 1. The van der Waals surface area contributed by atoms with E-state index in [1.807, 2.05) is 62.4 Å². The van der Waals surface area contributed by atoms with Crippen LogP contribution in [-0.2, 0) is 4.74 Å². The van der Waals surface area contributed by atoms with Gasteiger partial charge < -0.3 is 15.0 Å². The number of rotatable bonds is 8. The molecule has 1 N–H and O–H groups in total. The van der Waals surface area contributed by atoms with Crippen LogP contribution in [0.1, 0.15) is 56.7 Å². The molecule has 2 aromatic heterocycles. The van der Waals surface area contributed by atoms with Crippen molar-refractivity contribution >= 4 is 61.0 Å². The van der Waals surface area contributed by atoms with E-state index in [-0.39, 0.29) is 23.1 Å². The Morgan fingerprint density at radius 3 is 2.37 bits per heavy atom. The average molecular weight is 595 g/mol. The van der Waals surface area contributed by atoms with Crippen molar-refractivity contribution in [1.82, 2.24) is 9.88 Å². The van der Waals surface area contributed by atoms with E-state index < -0.39 is 11.9 Å². The molecule has 0 radical (unpaired) electrons. The molecule has 2 heterocycles. The van der Waals surface area contributed by atoms with Crippen LogP contribution in [-0.4, -0.2) is 47.4 Å². The number of benzene rings is 2. The van der Waals surface area contributed by atoms with Gasteiger partial charge in [-0.2, -0.15) is 0 Å². The molecule has 0 saturated carbocycles. The highest BCUT2D eigenvalue weighted by Gasteiger charge is 2.29. The predicted molar refractivity (Wildman–Crippen MR) is 155 cm³/mol. The third kappa shape index (κ3) is 5.49. The summed E-state index contributed by atoms with van der Waals surface area (Å²) in [6.07, 6.45) is 0. The fourth-order valence-electron chi connectivity index (χ4n) is 4.21. The number of nitrogens with one attached hydrogen (secondary N) is 1. The number of fused-ring (bicyclic) bond motifs is 1. The molecule has 196 valence electrons. The first kappa shape index (κ1) is 27.5. The minimum Gasteiger partial charge on any atom is -0.462 e. The largest absolute Gasteiger partial charge is 0.462 e. The monoisotopic (exact) mass is 593 g/mol. The lowest BCUT2D eigenvalue weighted by molar-refractivity contribution is 0.0527. The first-order valence-corrected chi connectivity index (χ1v) is 14.0. The van der Waals surface area contributed by atoms with Gasteiger partial charge in [0, 0.05) is 28.5 Å². The number of hydrogen-bond donors (Lipinski definition) is 1. The summed E-state index contributed by atoms with van der Waals surface area (Å²) in [5.41, 5.74) is 3.28. The molecule has 4 aromatic rings. The molecule has 0 aliphatic rings. The van der Waals surface area contributed by atoms with Gasteiger partial charge in [-0.25, -0.2) is 9.78 Å². The van der Waals surface area contributed by atoms with Crippen molar-refractivity contribution in [1.29, 1.82) is 0 Å². The SMILES string of the molecule is CCOC(=O)c1c(NC(=O)c2cc(-c3ccc(Br)cc3)nc3ccccc23)sc(C(=O)N(CC)CC)c1C. The molecular weight excluding hydrogens is 566 g/mol. The Hall–Kier alpha value is -3.56. The maximum atomic E-state index is 13.7. The number of anilines is 1. The van der Waals surface area contributed by atoms with E-state index in [1.54, 1.807) is 24.8 Å².